The highest BCUT2D eigenvalue weighted by Gasteiger charge is 2.30. The number of ether oxygens (including phenoxy) is 1. The first kappa shape index (κ1) is 15.4. The molecule has 0 saturated heterocycles. The fourth-order valence-corrected chi connectivity index (χ4v) is 3.05. The van der Waals surface area contributed by atoms with E-state index in [2.05, 4.69) is 5.32 Å². The Morgan fingerprint density at radius 2 is 2.00 bits per heavy atom. The van der Waals surface area contributed by atoms with Crippen LogP contribution in [0.3, 0.4) is 0 Å². The van der Waals surface area contributed by atoms with Crippen LogP contribution >= 0.6 is 11.6 Å². The van der Waals surface area contributed by atoms with Crippen molar-refractivity contribution < 1.29 is 14.9 Å². The van der Waals surface area contributed by atoms with Crippen molar-refractivity contribution in [2.24, 2.45) is 0 Å². The summed E-state index contributed by atoms with van der Waals surface area (Å²) in [5, 5.41) is 23.7. The molecule has 0 aromatic heterocycles. The zero-order valence-electron chi connectivity index (χ0n) is 11.8. The first-order valence-corrected chi connectivity index (χ1v) is 7.39. The third-order valence-electron chi connectivity index (χ3n) is 4.11. The highest BCUT2D eigenvalue weighted by molar-refractivity contribution is 6.30. The lowest BCUT2D eigenvalue weighted by molar-refractivity contribution is 0.119. The van der Waals surface area contributed by atoms with Gasteiger partial charge in [0.2, 0.25) is 0 Å². The molecule has 20 heavy (non-hydrogen) atoms. The van der Waals surface area contributed by atoms with Gasteiger partial charge in [-0.3, -0.25) is 0 Å². The number of aliphatic hydroxyl groups excluding tert-OH is 1. The average Bonchev–Trinajstić information content (AvgIpc) is 2.48. The van der Waals surface area contributed by atoms with Crippen LogP contribution in [0.2, 0.25) is 5.02 Å². The topological polar surface area (TPSA) is 61.7 Å². The lowest BCUT2D eigenvalue weighted by Gasteiger charge is -2.36. The van der Waals surface area contributed by atoms with E-state index in [9.17, 15) is 10.2 Å². The Morgan fingerprint density at radius 1 is 1.30 bits per heavy atom. The molecule has 5 heteroatoms. The van der Waals surface area contributed by atoms with E-state index in [0.29, 0.717) is 22.9 Å². The second-order valence-electron chi connectivity index (χ2n) is 5.47. The quantitative estimate of drug-likeness (QED) is 0.782. The molecule has 0 unspecified atom stereocenters. The highest BCUT2D eigenvalue weighted by Crippen LogP contribution is 2.34. The van der Waals surface area contributed by atoms with Crippen LogP contribution < -0.4 is 10.1 Å². The second-order valence-corrected chi connectivity index (χ2v) is 5.90. The van der Waals surface area contributed by atoms with Gasteiger partial charge in [0.1, 0.15) is 0 Å². The number of rotatable bonds is 5. The fraction of sp³-hybridized carbons (Fsp3) is 0.600. The Hall–Kier alpha value is -0.970. The van der Waals surface area contributed by atoms with Gasteiger partial charge in [0.05, 0.1) is 13.7 Å². The Bertz CT molecular complexity index is 459. The van der Waals surface area contributed by atoms with Gasteiger partial charge < -0.3 is 20.3 Å². The molecule has 0 aliphatic heterocycles. The summed E-state index contributed by atoms with van der Waals surface area (Å²) in [6, 6.07) is 3.31. The van der Waals surface area contributed by atoms with Gasteiger partial charge in [0, 0.05) is 28.7 Å². The van der Waals surface area contributed by atoms with Crippen LogP contribution in [0.15, 0.2) is 12.1 Å². The molecule has 1 saturated carbocycles. The van der Waals surface area contributed by atoms with Gasteiger partial charge in [0.25, 0.3) is 0 Å². The number of halogens is 1. The summed E-state index contributed by atoms with van der Waals surface area (Å²) in [5.41, 5.74) is 0.452. The maximum Gasteiger partial charge on any atom is 0.162 e. The summed E-state index contributed by atoms with van der Waals surface area (Å²) in [4.78, 5) is 0. The van der Waals surface area contributed by atoms with Crippen LogP contribution in [0.4, 0.5) is 0 Å². The maximum atomic E-state index is 10.1. The van der Waals surface area contributed by atoms with Crippen molar-refractivity contribution >= 4 is 11.6 Å². The van der Waals surface area contributed by atoms with Crippen LogP contribution in [-0.2, 0) is 6.54 Å². The van der Waals surface area contributed by atoms with Crippen molar-refractivity contribution in [2.75, 3.05) is 13.7 Å². The molecule has 112 valence electrons. The molecular weight excluding hydrogens is 278 g/mol. The highest BCUT2D eigenvalue weighted by atomic mass is 35.5. The summed E-state index contributed by atoms with van der Waals surface area (Å²) < 4.78 is 5.10. The molecule has 1 aliphatic rings. The van der Waals surface area contributed by atoms with Crippen molar-refractivity contribution in [2.45, 2.75) is 44.2 Å². The molecule has 0 amide bonds. The Labute approximate surface area is 124 Å². The summed E-state index contributed by atoms with van der Waals surface area (Å²) >= 11 is 6.02. The number of hydrogen-bond donors (Lipinski definition) is 3. The molecule has 3 N–H and O–H groups in total. The van der Waals surface area contributed by atoms with E-state index in [0.717, 1.165) is 25.7 Å². The van der Waals surface area contributed by atoms with Crippen LogP contribution in [0.1, 0.15) is 37.7 Å². The van der Waals surface area contributed by atoms with Crippen molar-refractivity contribution in [3.8, 4) is 11.5 Å². The maximum absolute atomic E-state index is 10.1. The van der Waals surface area contributed by atoms with E-state index in [1.807, 2.05) is 0 Å². The number of phenols is 1. The van der Waals surface area contributed by atoms with Crippen molar-refractivity contribution in [1.82, 2.24) is 5.32 Å². The van der Waals surface area contributed by atoms with Crippen molar-refractivity contribution in [3.05, 3.63) is 22.7 Å². The lowest BCUT2D eigenvalue weighted by Crippen LogP contribution is -2.49. The van der Waals surface area contributed by atoms with Gasteiger partial charge in [-0.15, -0.1) is 0 Å². The Kier molecular flexibility index (Phi) is 5.13. The SMILES string of the molecule is COc1cc(Cl)cc(CNC2(CO)CCCCC2)c1O. The number of aromatic hydroxyl groups is 1. The summed E-state index contributed by atoms with van der Waals surface area (Å²) in [6.07, 6.45) is 5.39. The number of aliphatic hydroxyl groups is 1. The first-order valence-electron chi connectivity index (χ1n) is 7.01. The largest absolute Gasteiger partial charge is 0.504 e. The number of benzene rings is 1. The van der Waals surface area contributed by atoms with Gasteiger partial charge in [0.15, 0.2) is 11.5 Å². The van der Waals surface area contributed by atoms with Crippen molar-refractivity contribution in [3.63, 3.8) is 0 Å². The molecule has 1 aromatic carbocycles. The van der Waals surface area contributed by atoms with Crippen molar-refractivity contribution in [1.29, 1.82) is 0 Å². The third-order valence-corrected chi connectivity index (χ3v) is 4.32. The molecule has 4 nitrogen and oxygen atoms in total. The minimum atomic E-state index is -0.236. The third kappa shape index (κ3) is 3.37. The number of nitrogens with one attached hydrogen (secondary N) is 1. The number of methoxy groups -OCH3 is 1. The molecule has 0 atom stereocenters. The van der Waals surface area contributed by atoms with Gasteiger partial charge in [-0.1, -0.05) is 30.9 Å². The summed E-state index contributed by atoms with van der Waals surface area (Å²) in [6.45, 7) is 0.578. The standard InChI is InChI=1S/C15H22ClNO3/c1-20-13-8-12(16)7-11(14(13)19)9-17-15(10-18)5-3-2-4-6-15/h7-8,17-19H,2-6,9-10H2,1H3. The zero-order valence-corrected chi connectivity index (χ0v) is 12.5. The smallest absolute Gasteiger partial charge is 0.162 e. The van der Waals surface area contributed by atoms with Gasteiger partial charge in [-0.05, 0) is 18.9 Å². The minimum absolute atomic E-state index is 0.105. The van der Waals surface area contributed by atoms with E-state index in [1.54, 1.807) is 12.1 Å². The van der Waals surface area contributed by atoms with E-state index >= 15 is 0 Å². The molecule has 0 spiro atoms. The second kappa shape index (κ2) is 6.66. The predicted octanol–water partition coefficient (Wildman–Crippen LogP) is 2.84. The summed E-state index contributed by atoms with van der Waals surface area (Å²) in [7, 11) is 1.50. The Morgan fingerprint density at radius 3 is 2.60 bits per heavy atom. The fourth-order valence-electron chi connectivity index (χ4n) is 2.82. The van der Waals surface area contributed by atoms with Gasteiger partial charge in [-0.25, -0.2) is 0 Å². The molecule has 1 fully saturated rings. The molecule has 2 rings (SSSR count). The van der Waals surface area contributed by atoms with E-state index in [1.165, 1.54) is 13.5 Å². The molecule has 1 aromatic rings. The molecular formula is C15H22ClNO3. The molecule has 0 bridgehead atoms. The minimum Gasteiger partial charge on any atom is -0.504 e. The lowest BCUT2D eigenvalue weighted by atomic mass is 9.82. The molecule has 0 heterocycles. The first-order chi connectivity index (χ1) is 9.60. The normalized spacial score (nSPS) is 17.9. The number of phenolic OH excluding ortho intramolecular Hbond substituents is 1. The molecule has 0 radical (unpaired) electrons. The zero-order chi connectivity index (χ0) is 14.6. The van der Waals surface area contributed by atoms with Gasteiger partial charge in [-0.2, -0.15) is 0 Å². The predicted molar refractivity (Wildman–Crippen MR) is 79.4 cm³/mol. The van der Waals surface area contributed by atoms with E-state index in [4.69, 9.17) is 16.3 Å². The Balaban J connectivity index is 2.11. The number of hydrogen-bond acceptors (Lipinski definition) is 4. The van der Waals surface area contributed by atoms with Crippen LogP contribution in [0.25, 0.3) is 0 Å². The van der Waals surface area contributed by atoms with E-state index < -0.39 is 0 Å². The monoisotopic (exact) mass is 299 g/mol. The molecule has 1 aliphatic carbocycles. The average molecular weight is 300 g/mol. The van der Waals surface area contributed by atoms with Crippen LogP contribution in [0, 0.1) is 0 Å². The van der Waals surface area contributed by atoms with Crippen LogP contribution in [0.5, 0.6) is 11.5 Å². The van der Waals surface area contributed by atoms with Gasteiger partial charge >= 0.3 is 0 Å². The van der Waals surface area contributed by atoms with E-state index in [-0.39, 0.29) is 17.9 Å². The van der Waals surface area contributed by atoms with Crippen LogP contribution in [-0.4, -0.2) is 29.5 Å². The summed E-state index contributed by atoms with van der Waals surface area (Å²) in [5.74, 6) is 0.476.